The lowest BCUT2D eigenvalue weighted by Crippen LogP contribution is -2.50. The second kappa shape index (κ2) is 7.07. The minimum atomic E-state index is -0.467. The van der Waals surface area contributed by atoms with Gasteiger partial charge in [0.2, 0.25) is 0 Å². The molecule has 26 heavy (non-hydrogen) atoms. The molecule has 0 saturated carbocycles. The van der Waals surface area contributed by atoms with E-state index in [1.807, 2.05) is 0 Å². The van der Waals surface area contributed by atoms with Gasteiger partial charge in [-0.05, 0) is 25.5 Å². The van der Waals surface area contributed by atoms with Crippen LogP contribution >= 0.6 is 0 Å². The molecule has 1 fully saturated rings. The maximum Gasteiger partial charge on any atom is 0.339 e. The summed E-state index contributed by atoms with van der Waals surface area (Å²) in [5.74, 6) is -0.757. The molecule has 0 aromatic carbocycles. The zero-order valence-corrected chi connectivity index (χ0v) is 15.0. The van der Waals surface area contributed by atoms with E-state index < -0.39 is 5.97 Å². The minimum Gasteiger partial charge on any atom is -0.472 e. The highest BCUT2D eigenvalue weighted by molar-refractivity contribution is 6.00. The Bertz CT molecular complexity index is 829. The van der Waals surface area contributed by atoms with Crippen molar-refractivity contribution >= 4 is 17.8 Å². The van der Waals surface area contributed by atoms with E-state index in [4.69, 9.17) is 9.15 Å². The molecule has 2 aromatic rings. The van der Waals surface area contributed by atoms with Crippen LogP contribution in [0, 0.1) is 13.8 Å². The second-order valence-corrected chi connectivity index (χ2v) is 6.21. The first kappa shape index (κ1) is 17.8. The van der Waals surface area contributed by atoms with E-state index in [1.54, 1.807) is 29.7 Å². The van der Waals surface area contributed by atoms with Crippen LogP contribution in [0.3, 0.4) is 0 Å². The number of nitrogens with zero attached hydrogens (tertiary/aromatic N) is 2. The number of rotatable bonds is 3. The van der Waals surface area contributed by atoms with Gasteiger partial charge in [-0.1, -0.05) is 0 Å². The predicted molar refractivity (Wildman–Crippen MR) is 92.1 cm³/mol. The van der Waals surface area contributed by atoms with Gasteiger partial charge in [-0.2, -0.15) is 0 Å². The maximum atomic E-state index is 12.8. The lowest BCUT2D eigenvalue weighted by atomic mass is 10.1. The maximum absolute atomic E-state index is 12.8. The SMILES string of the molecule is COC(=O)c1c(C)[nH]c(C(=O)N2CCN(C(=O)c3ccoc3)CC2)c1C. The predicted octanol–water partition coefficient (Wildman–Crippen LogP) is 1.61. The molecule has 1 aliphatic rings. The number of methoxy groups -OCH3 is 1. The number of piperazine rings is 1. The number of hydrogen-bond donors (Lipinski definition) is 1. The average molecular weight is 359 g/mol. The van der Waals surface area contributed by atoms with Crippen molar-refractivity contribution in [3.8, 4) is 0 Å². The van der Waals surface area contributed by atoms with E-state index in [9.17, 15) is 14.4 Å². The number of ether oxygens (including phenoxy) is 1. The van der Waals surface area contributed by atoms with Crippen LogP contribution in [0.4, 0.5) is 0 Å². The number of aromatic amines is 1. The highest BCUT2D eigenvalue weighted by Crippen LogP contribution is 2.21. The number of esters is 1. The molecule has 0 unspecified atom stereocenters. The van der Waals surface area contributed by atoms with Gasteiger partial charge in [0.15, 0.2) is 0 Å². The Labute approximate surface area is 150 Å². The Morgan fingerprint density at radius 1 is 1.08 bits per heavy atom. The van der Waals surface area contributed by atoms with Gasteiger partial charge in [-0.15, -0.1) is 0 Å². The van der Waals surface area contributed by atoms with E-state index >= 15 is 0 Å². The van der Waals surface area contributed by atoms with Gasteiger partial charge in [0.1, 0.15) is 12.0 Å². The molecule has 1 aliphatic heterocycles. The van der Waals surface area contributed by atoms with Crippen LogP contribution < -0.4 is 0 Å². The number of aromatic nitrogens is 1. The van der Waals surface area contributed by atoms with Crippen molar-refractivity contribution in [2.24, 2.45) is 0 Å². The summed E-state index contributed by atoms with van der Waals surface area (Å²) in [6.07, 6.45) is 2.88. The summed E-state index contributed by atoms with van der Waals surface area (Å²) >= 11 is 0. The van der Waals surface area contributed by atoms with Crippen molar-refractivity contribution in [3.63, 3.8) is 0 Å². The van der Waals surface area contributed by atoms with Crippen LogP contribution in [0.15, 0.2) is 23.0 Å². The standard InChI is InChI=1S/C18H21N3O5/c1-11-14(18(24)25-3)12(2)19-15(11)17(23)21-7-5-20(6-8-21)16(22)13-4-9-26-10-13/h4,9-10,19H,5-8H2,1-3H3. The number of carbonyl (C=O) groups is 3. The molecule has 0 atom stereocenters. The van der Waals surface area contributed by atoms with E-state index in [0.29, 0.717) is 54.3 Å². The Balaban J connectivity index is 1.69. The van der Waals surface area contributed by atoms with Gasteiger partial charge in [0.25, 0.3) is 11.8 Å². The number of nitrogens with one attached hydrogen (secondary N) is 1. The Hall–Kier alpha value is -3.03. The molecule has 0 aliphatic carbocycles. The summed E-state index contributed by atoms with van der Waals surface area (Å²) in [4.78, 5) is 43.4. The van der Waals surface area contributed by atoms with Crippen molar-refractivity contribution in [1.29, 1.82) is 0 Å². The topological polar surface area (TPSA) is 95.9 Å². The van der Waals surface area contributed by atoms with E-state index in [1.165, 1.54) is 19.6 Å². The van der Waals surface area contributed by atoms with E-state index in [0.717, 1.165) is 0 Å². The van der Waals surface area contributed by atoms with Crippen LogP contribution in [0.2, 0.25) is 0 Å². The number of H-pyrrole nitrogens is 1. The zero-order valence-electron chi connectivity index (χ0n) is 15.0. The quantitative estimate of drug-likeness (QED) is 0.840. The zero-order chi connectivity index (χ0) is 18.8. The van der Waals surface area contributed by atoms with Crippen molar-refractivity contribution in [2.75, 3.05) is 33.3 Å². The van der Waals surface area contributed by atoms with Gasteiger partial charge in [0.05, 0.1) is 24.5 Å². The van der Waals surface area contributed by atoms with Crippen molar-refractivity contribution in [1.82, 2.24) is 14.8 Å². The van der Waals surface area contributed by atoms with E-state index in [-0.39, 0.29) is 11.8 Å². The Morgan fingerprint density at radius 2 is 1.69 bits per heavy atom. The van der Waals surface area contributed by atoms with Gasteiger partial charge in [-0.3, -0.25) is 9.59 Å². The highest BCUT2D eigenvalue weighted by atomic mass is 16.5. The molecule has 3 rings (SSSR count). The van der Waals surface area contributed by atoms with Crippen LogP contribution in [0.25, 0.3) is 0 Å². The normalized spacial score (nSPS) is 14.4. The van der Waals surface area contributed by atoms with Crippen LogP contribution in [0.1, 0.15) is 42.5 Å². The average Bonchev–Trinajstić information content (AvgIpc) is 3.28. The Morgan fingerprint density at radius 3 is 2.23 bits per heavy atom. The highest BCUT2D eigenvalue weighted by Gasteiger charge is 2.29. The van der Waals surface area contributed by atoms with Gasteiger partial charge < -0.3 is 23.9 Å². The second-order valence-electron chi connectivity index (χ2n) is 6.21. The molecular weight excluding hydrogens is 338 g/mol. The minimum absolute atomic E-state index is 0.106. The number of carbonyl (C=O) groups excluding carboxylic acids is 3. The van der Waals surface area contributed by atoms with Crippen LogP contribution in [-0.2, 0) is 4.74 Å². The lowest BCUT2D eigenvalue weighted by Gasteiger charge is -2.34. The Kier molecular flexibility index (Phi) is 4.83. The molecule has 138 valence electrons. The third-order valence-corrected chi connectivity index (χ3v) is 4.66. The summed E-state index contributed by atoms with van der Waals surface area (Å²) in [5, 5.41) is 0. The van der Waals surface area contributed by atoms with Crippen LogP contribution in [0.5, 0.6) is 0 Å². The third-order valence-electron chi connectivity index (χ3n) is 4.66. The molecule has 2 aromatic heterocycles. The smallest absolute Gasteiger partial charge is 0.339 e. The molecule has 3 heterocycles. The number of hydrogen-bond acceptors (Lipinski definition) is 5. The molecule has 0 radical (unpaired) electrons. The first-order valence-corrected chi connectivity index (χ1v) is 8.32. The monoisotopic (exact) mass is 359 g/mol. The molecule has 2 amide bonds. The van der Waals surface area contributed by atoms with Crippen LogP contribution in [-0.4, -0.2) is 65.9 Å². The fourth-order valence-corrected chi connectivity index (χ4v) is 3.21. The van der Waals surface area contributed by atoms with Gasteiger partial charge in [0, 0.05) is 31.9 Å². The number of amides is 2. The van der Waals surface area contributed by atoms with Crippen molar-refractivity contribution in [2.45, 2.75) is 13.8 Å². The lowest BCUT2D eigenvalue weighted by molar-refractivity contribution is 0.0531. The first-order valence-electron chi connectivity index (χ1n) is 8.32. The van der Waals surface area contributed by atoms with Crippen molar-refractivity contribution < 1.29 is 23.5 Å². The summed E-state index contributed by atoms with van der Waals surface area (Å²) in [5.41, 5.74) is 2.47. The molecule has 0 bridgehead atoms. The van der Waals surface area contributed by atoms with Gasteiger partial charge >= 0.3 is 5.97 Å². The number of furan rings is 1. The van der Waals surface area contributed by atoms with E-state index in [2.05, 4.69) is 4.98 Å². The molecular formula is C18H21N3O5. The molecule has 8 heteroatoms. The molecule has 8 nitrogen and oxygen atoms in total. The molecule has 1 N–H and O–H groups in total. The molecule has 1 saturated heterocycles. The first-order chi connectivity index (χ1) is 12.4. The summed E-state index contributed by atoms with van der Waals surface area (Å²) in [6.45, 7) is 5.19. The summed E-state index contributed by atoms with van der Waals surface area (Å²) < 4.78 is 9.72. The van der Waals surface area contributed by atoms with Gasteiger partial charge in [-0.25, -0.2) is 4.79 Å². The van der Waals surface area contributed by atoms with Crippen molar-refractivity contribution in [3.05, 3.63) is 46.7 Å². The third kappa shape index (κ3) is 3.10. The fraction of sp³-hybridized carbons (Fsp3) is 0.389. The molecule has 0 spiro atoms. The number of aryl methyl sites for hydroxylation is 1. The largest absolute Gasteiger partial charge is 0.472 e. The fourth-order valence-electron chi connectivity index (χ4n) is 3.21. The summed E-state index contributed by atoms with van der Waals surface area (Å²) in [6, 6.07) is 1.62. The summed E-state index contributed by atoms with van der Waals surface area (Å²) in [7, 11) is 1.31.